The first-order valence-corrected chi connectivity index (χ1v) is 8.44. The molecular weight excluding hydrogens is 314 g/mol. The van der Waals surface area contributed by atoms with Gasteiger partial charge in [0.25, 0.3) is 5.91 Å². The van der Waals surface area contributed by atoms with Crippen LogP contribution in [0.15, 0.2) is 42.5 Å². The Balaban J connectivity index is 1.52. The number of nitrogens with zero attached hydrogens (tertiary/aromatic N) is 2. The second-order valence-corrected chi connectivity index (χ2v) is 6.14. The number of para-hydroxylation sites is 2. The average Bonchev–Trinajstić information content (AvgIpc) is 2.92. The number of fused-ring (bicyclic) bond motifs is 1. The van der Waals surface area contributed by atoms with E-state index in [4.69, 9.17) is 4.74 Å². The van der Waals surface area contributed by atoms with Crippen LogP contribution in [0, 0.1) is 20.8 Å². The van der Waals surface area contributed by atoms with Gasteiger partial charge in [-0.05, 0) is 50.1 Å². The van der Waals surface area contributed by atoms with Crippen molar-refractivity contribution in [3.05, 3.63) is 59.4 Å². The zero-order chi connectivity index (χ0) is 17.8. The van der Waals surface area contributed by atoms with Crippen molar-refractivity contribution in [1.82, 2.24) is 14.9 Å². The highest BCUT2D eigenvalue weighted by Crippen LogP contribution is 2.20. The average molecular weight is 337 g/mol. The number of hydrogen-bond acceptors (Lipinski definition) is 3. The van der Waals surface area contributed by atoms with Gasteiger partial charge in [0.1, 0.15) is 11.6 Å². The second kappa shape index (κ2) is 7.38. The van der Waals surface area contributed by atoms with Gasteiger partial charge in [0.2, 0.25) is 0 Å². The molecule has 0 bridgehead atoms. The second-order valence-electron chi connectivity index (χ2n) is 6.14. The Hall–Kier alpha value is -2.82. The lowest BCUT2D eigenvalue weighted by molar-refractivity contribution is -0.123. The molecule has 3 aromatic rings. The highest BCUT2D eigenvalue weighted by atomic mass is 16.5. The van der Waals surface area contributed by atoms with Crippen LogP contribution in [0.3, 0.4) is 0 Å². The highest BCUT2D eigenvalue weighted by molar-refractivity contribution is 5.78. The molecule has 0 saturated heterocycles. The minimum Gasteiger partial charge on any atom is -0.483 e. The Bertz CT molecular complexity index is 899. The fraction of sp³-hybridized carbons (Fsp3) is 0.300. The summed E-state index contributed by atoms with van der Waals surface area (Å²) in [5.74, 6) is 1.58. The maximum atomic E-state index is 12.0. The maximum Gasteiger partial charge on any atom is 0.258 e. The molecule has 2 aromatic carbocycles. The summed E-state index contributed by atoms with van der Waals surface area (Å²) in [6.45, 7) is 7.24. The number of aryl methyl sites for hydroxylation is 2. The van der Waals surface area contributed by atoms with Gasteiger partial charge < -0.3 is 14.6 Å². The number of imidazole rings is 1. The van der Waals surface area contributed by atoms with Crippen LogP contribution in [-0.4, -0.2) is 28.6 Å². The molecule has 1 heterocycles. The quantitative estimate of drug-likeness (QED) is 0.752. The van der Waals surface area contributed by atoms with Crippen molar-refractivity contribution >= 4 is 16.9 Å². The number of aromatic nitrogens is 2. The normalized spacial score (nSPS) is 10.8. The van der Waals surface area contributed by atoms with Crippen molar-refractivity contribution in [2.75, 3.05) is 13.2 Å². The number of carbonyl (C=O) groups is 1. The Morgan fingerprint density at radius 2 is 1.92 bits per heavy atom. The lowest BCUT2D eigenvalue weighted by Gasteiger charge is -2.12. The molecule has 1 aromatic heterocycles. The van der Waals surface area contributed by atoms with Gasteiger partial charge in [-0.25, -0.2) is 4.98 Å². The van der Waals surface area contributed by atoms with Crippen molar-refractivity contribution < 1.29 is 9.53 Å². The van der Waals surface area contributed by atoms with Crippen molar-refractivity contribution in [3.8, 4) is 5.75 Å². The zero-order valence-corrected chi connectivity index (χ0v) is 14.9. The van der Waals surface area contributed by atoms with Crippen LogP contribution in [0.1, 0.15) is 17.0 Å². The van der Waals surface area contributed by atoms with E-state index in [9.17, 15) is 4.79 Å². The van der Waals surface area contributed by atoms with Crippen LogP contribution in [-0.2, 0) is 11.3 Å². The van der Waals surface area contributed by atoms with Crippen LogP contribution in [0.4, 0.5) is 0 Å². The number of hydrogen-bond donors (Lipinski definition) is 1. The number of benzene rings is 2. The van der Waals surface area contributed by atoms with E-state index < -0.39 is 0 Å². The summed E-state index contributed by atoms with van der Waals surface area (Å²) >= 11 is 0. The molecule has 0 radical (unpaired) electrons. The first-order valence-electron chi connectivity index (χ1n) is 8.44. The van der Waals surface area contributed by atoms with Crippen LogP contribution < -0.4 is 10.1 Å². The van der Waals surface area contributed by atoms with E-state index in [-0.39, 0.29) is 12.5 Å². The standard InChI is InChI=1S/C20H23N3O2/c1-14-7-6-10-19(15(14)2)25-13-20(24)21-11-12-23-16(3)22-17-8-4-5-9-18(17)23/h4-10H,11-13H2,1-3H3,(H,21,24). The first kappa shape index (κ1) is 17.0. The molecule has 5 heteroatoms. The maximum absolute atomic E-state index is 12.0. The molecule has 0 aliphatic carbocycles. The summed E-state index contributed by atoms with van der Waals surface area (Å²) in [5.41, 5.74) is 4.28. The SMILES string of the molecule is Cc1cccc(OCC(=O)NCCn2c(C)nc3ccccc32)c1C. The van der Waals surface area contributed by atoms with E-state index in [2.05, 4.69) is 14.9 Å². The van der Waals surface area contributed by atoms with Gasteiger partial charge in [-0.3, -0.25) is 4.79 Å². The van der Waals surface area contributed by atoms with Gasteiger partial charge in [-0.15, -0.1) is 0 Å². The lowest BCUT2D eigenvalue weighted by atomic mass is 10.1. The van der Waals surface area contributed by atoms with E-state index in [0.29, 0.717) is 13.1 Å². The van der Waals surface area contributed by atoms with Gasteiger partial charge in [-0.2, -0.15) is 0 Å². The number of ether oxygens (including phenoxy) is 1. The smallest absolute Gasteiger partial charge is 0.258 e. The third kappa shape index (κ3) is 3.82. The molecule has 1 N–H and O–H groups in total. The topological polar surface area (TPSA) is 56.1 Å². The lowest BCUT2D eigenvalue weighted by Crippen LogP contribution is -2.31. The molecule has 0 aliphatic heterocycles. The summed E-state index contributed by atoms with van der Waals surface area (Å²) in [4.78, 5) is 16.6. The molecule has 130 valence electrons. The van der Waals surface area contributed by atoms with Gasteiger partial charge in [0.15, 0.2) is 6.61 Å². The summed E-state index contributed by atoms with van der Waals surface area (Å²) in [6.07, 6.45) is 0. The van der Waals surface area contributed by atoms with Gasteiger partial charge >= 0.3 is 0 Å². The molecule has 0 unspecified atom stereocenters. The molecule has 5 nitrogen and oxygen atoms in total. The predicted octanol–water partition coefficient (Wildman–Crippen LogP) is 3.16. The largest absolute Gasteiger partial charge is 0.483 e. The van der Waals surface area contributed by atoms with E-state index in [0.717, 1.165) is 33.7 Å². The fourth-order valence-corrected chi connectivity index (χ4v) is 2.86. The van der Waals surface area contributed by atoms with Crippen molar-refractivity contribution in [1.29, 1.82) is 0 Å². The fourth-order valence-electron chi connectivity index (χ4n) is 2.86. The summed E-state index contributed by atoms with van der Waals surface area (Å²) in [7, 11) is 0. The minimum absolute atomic E-state index is 0.0218. The van der Waals surface area contributed by atoms with Crippen LogP contribution in [0.25, 0.3) is 11.0 Å². The van der Waals surface area contributed by atoms with Crippen LogP contribution in [0.2, 0.25) is 0 Å². The predicted molar refractivity (Wildman–Crippen MR) is 98.9 cm³/mol. The van der Waals surface area contributed by atoms with E-state index in [1.54, 1.807) is 0 Å². The van der Waals surface area contributed by atoms with Crippen LogP contribution in [0.5, 0.6) is 5.75 Å². The number of nitrogens with one attached hydrogen (secondary N) is 1. The monoisotopic (exact) mass is 337 g/mol. The van der Waals surface area contributed by atoms with Gasteiger partial charge in [-0.1, -0.05) is 24.3 Å². The Labute approximate surface area is 147 Å². The van der Waals surface area contributed by atoms with Gasteiger partial charge in [0, 0.05) is 13.1 Å². The zero-order valence-electron chi connectivity index (χ0n) is 14.9. The Kier molecular flexibility index (Phi) is 5.03. The number of rotatable bonds is 6. The molecule has 0 aliphatic rings. The summed E-state index contributed by atoms with van der Waals surface area (Å²) in [6, 6.07) is 13.9. The first-order chi connectivity index (χ1) is 12.1. The molecule has 1 amide bonds. The minimum atomic E-state index is -0.122. The molecule has 3 rings (SSSR count). The van der Waals surface area contributed by atoms with Crippen molar-refractivity contribution in [2.45, 2.75) is 27.3 Å². The third-order valence-corrected chi connectivity index (χ3v) is 4.42. The third-order valence-electron chi connectivity index (χ3n) is 4.42. The number of amides is 1. The van der Waals surface area contributed by atoms with Gasteiger partial charge in [0.05, 0.1) is 11.0 Å². The highest BCUT2D eigenvalue weighted by Gasteiger charge is 2.08. The summed E-state index contributed by atoms with van der Waals surface area (Å²) in [5, 5.41) is 2.90. The molecule has 0 fully saturated rings. The van der Waals surface area contributed by atoms with Crippen molar-refractivity contribution in [3.63, 3.8) is 0 Å². The Morgan fingerprint density at radius 3 is 2.76 bits per heavy atom. The van der Waals surface area contributed by atoms with Crippen LogP contribution >= 0.6 is 0 Å². The molecular formula is C20H23N3O2. The summed E-state index contributed by atoms with van der Waals surface area (Å²) < 4.78 is 7.74. The molecule has 0 spiro atoms. The molecule has 25 heavy (non-hydrogen) atoms. The molecule has 0 saturated carbocycles. The van der Waals surface area contributed by atoms with Crippen molar-refractivity contribution in [2.24, 2.45) is 0 Å². The number of carbonyl (C=O) groups excluding carboxylic acids is 1. The molecule has 0 atom stereocenters. The van der Waals surface area contributed by atoms with E-state index >= 15 is 0 Å². The van der Waals surface area contributed by atoms with E-state index in [1.165, 1.54) is 0 Å². The van der Waals surface area contributed by atoms with E-state index in [1.807, 2.05) is 63.2 Å². The Morgan fingerprint density at radius 1 is 1.12 bits per heavy atom.